The molecule has 5 rings (SSSR count). The molecule has 3 aliphatic carbocycles. The molecule has 0 saturated heterocycles. The number of benzene rings is 2. The van der Waals surface area contributed by atoms with E-state index in [1.165, 1.54) is 30.3 Å². The van der Waals surface area contributed by atoms with Crippen molar-refractivity contribution in [3.8, 4) is 0 Å². The molecule has 0 spiro atoms. The standard InChI is InChI=1S/C26H26Cl2F3NO4/c1-14(26(29,30)31)22(15-3-6-17(27)7-4-15)23(35)32-20-9-16(5-8-19(20)28)18(10-21(33)34)24-11-25(12-24,13-24)36-2/h3-9,14,18,22H,10-13H2,1-2H3,(H,32,35)(H,33,34)/t14-,18+,22+,24?,25?/m1/s1. The second-order valence-corrected chi connectivity index (χ2v) is 10.9. The van der Waals surface area contributed by atoms with Crippen molar-refractivity contribution in [2.45, 2.75) is 56.2 Å². The Morgan fingerprint density at radius 3 is 2.19 bits per heavy atom. The van der Waals surface area contributed by atoms with Crippen LogP contribution in [0, 0.1) is 11.3 Å². The van der Waals surface area contributed by atoms with Gasteiger partial charge < -0.3 is 15.2 Å². The average molecular weight is 544 g/mol. The van der Waals surface area contributed by atoms with Gasteiger partial charge in [0.15, 0.2) is 0 Å². The van der Waals surface area contributed by atoms with Crippen molar-refractivity contribution >= 4 is 40.8 Å². The van der Waals surface area contributed by atoms with Gasteiger partial charge in [-0.2, -0.15) is 13.2 Å². The Bertz CT molecular complexity index is 1150. The highest BCUT2D eigenvalue weighted by molar-refractivity contribution is 6.33. The zero-order valence-electron chi connectivity index (χ0n) is 19.7. The molecule has 0 heterocycles. The molecule has 3 atom stereocenters. The van der Waals surface area contributed by atoms with Crippen LogP contribution in [0.25, 0.3) is 0 Å². The van der Waals surface area contributed by atoms with Crippen LogP contribution in [-0.2, 0) is 14.3 Å². The summed E-state index contributed by atoms with van der Waals surface area (Å²) in [6, 6.07) is 10.5. The highest BCUT2D eigenvalue weighted by atomic mass is 35.5. The summed E-state index contributed by atoms with van der Waals surface area (Å²) in [6.07, 6.45) is -2.53. The van der Waals surface area contributed by atoms with Crippen molar-refractivity contribution in [1.82, 2.24) is 0 Å². The molecule has 36 heavy (non-hydrogen) atoms. The minimum absolute atomic E-state index is 0.118. The topological polar surface area (TPSA) is 75.6 Å². The molecule has 2 bridgehead atoms. The Balaban J connectivity index is 1.63. The van der Waals surface area contributed by atoms with Crippen LogP contribution in [0.5, 0.6) is 0 Å². The first-order valence-electron chi connectivity index (χ1n) is 11.5. The molecule has 2 aromatic carbocycles. The van der Waals surface area contributed by atoms with Gasteiger partial charge in [-0.1, -0.05) is 48.3 Å². The summed E-state index contributed by atoms with van der Waals surface area (Å²) in [5.41, 5.74) is 0.542. The van der Waals surface area contributed by atoms with Gasteiger partial charge >= 0.3 is 12.1 Å². The fourth-order valence-electron chi connectivity index (χ4n) is 5.81. The van der Waals surface area contributed by atoms with Crippen molar-refractivity contribution < 1.29 is 32.6 Å². The summed E-state index contributed by atoms with van der Waals surface area (Å²) in [7, 11) is 1.64. The maximum atomic E-state index is 13.7. The molecule has 0 radical (unpaired) electrons. The predicted molar refractivity (Wildman–Crippen MR) is 131 cm³/mol. The predicted octanol–water partition coefficient (Wildman–Crippen LogP) is 7.04. The number of amides is 1. The number of hydrogen-bond donors (Lipinski definition) is 2. The third-order valence-electron chi connectivity index (χ3n) is 7.75. The number of ether oxygens (including phenoxy) is 1. The number of rotatable bonds is 9. The normalized spacial score (nSPS) is 25.2. The summed E-state index contributed by atoms with van der Waals surface area (Å²) in [5, 5.41) is 12.6. The van der Waals surface area contributed by atoms with E-state index in [1.807, 2.05) is 0 Å². The molecule has 2 aromatic rings. The third kappa shape index (κ3) is 4.95. The van der Waals surface area contributed by atoms with Crippen molar-refractivity contribution in [3.63, 3.8) is 0 Å². The zero-order chi connectivity index (χ0) is 26.5. The minimum Gasteiger partial charge on any atom is -0.481 e. The first kappa shape index (κ1) is 26.8. The maximum Gasteiger partial charge on any atom is 0.392 e. The summed E-state index contributed by atoms with van der Waals surface area (Å²) in [6.45, 7) is 0.953. The molecule has 194 valence electrons. The van der Waals surface area contributed by atoms with Gasteiger partial charge in [-0.3, -0.25) is 9.59 Å². The number of hydrogen-bond acceptors (Lipinski definition) is 3. The number of carboxylic acids is 1. The number of nitrogens with one attached hydrogen (secondary N) is 1. The molecule has 0 unspecified atom stereocenters. The van der Waals surface area contributed by atoms with E-state index in [9.17, 15) is 27.9 Å². The molecule has 3 saturated carbocycles. The fraction of sp³-hybridized carbons (Fsp3) is 0.462. The quantitative estimate of drug-likeness (QED) is 0.355. The van der Waals surface area contributed by atoms with E-state index in [1.54, 1.807) is 19.2 Å². The Morgan fingerprint density at radius 1 is 1.08 bits per heavy atom. The second kappa shape index (κ2) is 9.54. The van der Waals surface area contributed by atoms with Gasteiger partial charge in [0.25, 0.3) is 0 Å². The molecule has 0 aliphatic heterocycles. The maximum absolute atomic E-state index is 13.7. The Morgan fingerprint density at radius 2 is 1.67 bits per heavy atom. The minimum atomic E-state index is -4.62. The van der Waals surface area contributed by atoms with Crippen LogP contribution >= 0.6 is 23.2 Å². The number of halogens is 5. The van der Waals surface area contributed by atoms with Crippen LogP contribution in [-0.4, -0.2) is 35.9 Å². The lowest BCUT2D eigenvalue weighted by atomic mass is 9.36. The number of methoxy groups -OCH3 is 1. The lowest BCUT2D eigenvalue weighted by molar-refractivity contribution is -0.284. The summed E-state index contributed by atoms with van der Waals surface area (Å²) >= 11 is 12.2. The molecular weight excluding hydrogens is 518 g/mol. The summed E-state index contributed by atoms with van der Waals surface area (Å²) < 4.78 is 46.6. The van der Waals surface area contributed by atoms with E-state index in [2.05, 4.69) is 5.32 Å². The smallest absolute Gasteiger partial charge is 0.392 e. The zero-order valence-corrected chi connectivity index (χ0v) is 21.2. The molecule has 1 amide bonds. The van der Waals surface area contributed by atoms with Gasteiger partial charge in [0.05, 0.1) is 34.6 Å². The molecule has 3 aliphatic rings. The van der Waals surface area contributed by atoms with E-state index in [-0.39, 0.29) is 39.6 Å². The monoisotopic (exact) mass is 543 g/mol. The van der Waals surface area contributed by atoms with Gasteiger partial charge in [0, 0.05) is 18.1 Å². The highest BCUT2D eigenvalue weighted by Crippen LogP contribution is 2.74. The number of carbonyl (C=O) groups excluding carboxylic acids is 1. The van der Waals surface area contributed by atoms with E-state index in [0.29, 0.717) is 10.6 Å². The first-order valence-corrected chi connectivity index (χ1v) is 12.2. The Labute approximate surface area is 216 Å². The SMILES string of the molecule is COC12CC([C@@H](CC(=O)O)c3ccc(Cl)c(NC(=O)[C@H](c4ccc(Cl)cc4)[C@@H](C)C(F)(F)F)c3)(C1)C2. The fourth-order valence-corrected chi connectivity index (χ4v) is 6.10. The number of carboxylic acid groups (broad SMARTS) is 1. The lowest BCUT2D eigenvalue weighted by Gasteiger charge is -2.72. The first-order chi connectivity index (χ1) is 16.8. The third-order valence-corrected chi connectivity index (χ3v) is 8.33. The number of alkyl halides is 3. The second-order valence-electron chi connectivity index (χ2n) is 10.0. The van der Waals surface area contributed by atoms with Gasteiger partial charge in [0.2, 0.25) is 5.91 Å². The van der Waals surface area contributed by atoms with Gasteiger partial charge in [-0.05, 0) is 60.1 Å². The molecule has 10 heteroatoms. The largest absolute Gasteiger partial charge is 0.481 e. The van der Waals surface area contributed by atoms with Crippen LogP contribution in [0.4, 0.5) is 18.9 Å². The lowest BCUT2D eigenvalue weighted by Crippen LogP contribution is -2.70. The van der Waals surface area contributed by atoms with E-state index < -0.39 is 29.9 Å². The van der Waals surface area contributed by atoms with Crippen LogP contribution in [0.2, 0.25) is 10.0 Å². The molecule has 2 N–H and O–H groups in total. The number of aliphatic carboxylic acids is 1. The van der Waals surface area contributed by atoms with Crippen molar-refractivity contribution in [2.75, 3.05) is 12.4 Å². The van der Waals surface area contributed by atoms with Gasteiger partial charge in [0.1, 0.15) is 0 Å². The summed E-state index contributed by atoms with van der Waals surface area (Å²) in [5.74, 6) is -5.71. The van der Waals surface area contributed by atoms with Crippen molar-refractivity contribution in [2.24, 2.45) is 11.3 Å². The molecular formula is C26H26Cl2F3NO4. The molecule has 5 nitrogen and oxygen atoms in total. The van der Waals surface area contributed by atoms with E-state index >= 15 is 0 Å². The molecule has 3 fully saturated rings. The summed E-state index contributed by atoms with van der Waals surface area (Å²) in [4.78, 5) is 24.9. The number of anilines is 1. The number of carbonyl (C=O) groups is 2. The Kier molecular flexibility index (Phi) is 7.09. The van der Waals surface area contributed by atoms with Crippen LogP contribution in [0.3, 0.4) is 0 Å². The van der Waals surface area contributed by atoms with Gasteiger partial charge in [-0.25, -0.2) is 0 Å². The van der Waals surface area contributed by atoms with Crippen LogP contribution in [0.1, 0.15) is 55.6 Å². The van der Waals surface area contributed by atoms with Gasteiger partial charge in [-0.15, -0.1) is 0 Å². The van der Waals surface area contributed by atoms with Crippen LogP contribution in [0.15, 0.2) is 42.5 Å². The Hall–Kier alpha value is -2.29. The average Bonchev–Trinajstić information content (AvgIpc) is 2.73. The highest BCUT2D eigenvalue weighted by Gasteiger charge is 2.71. The van der Waals surface area contributed by atoms with E-state index in [4.69, 9.17) is 27.9 Å². The molecule has 0 aromatic heterocycles. The van der Waals surface area contributed by atoms with Crippen molar-refractivity contribution in [1.29, 1.82) is 0 Å². The van der Waals surface area contributed by atoms with E-state index in [0.717, 1.165) is 26.2 Å². The van der Waals surface area contributed by atoms with Crippen LogP contribution < -0.4 is 5.32 Å². The van der Waals surface area contributed by atoms with Crippen molar-refractivity contribution in [3.05, 3.63) is 63.6 Å².